The monoisotopic (exact) mass is 375 g/mol. The summed E-state index contributed by atoms with van der Waals surface area (Å²) in [4.78, 5) is 27.8. The number of nitrogens with zero attached hydrogens (tertiary/aromatic N) is 1. The van der Waals surface area contributed by atoms with Crippen molar-refractivity contribution in [1.82, 2.24) is 15.5 Å². The molecule has 2 heterocycles. The molecule has 1 unspecified atom stereocenters. The largest absolute Gasteiger partial charge is 0.497 e. The van der Waals surface area contributed by atoms with Gasteiger partial charge >= 0.3 is 0 Å². The third kappa shape index (κ3) is 4.18. The average Bonchev–Trinajstić information content (AvgIpc) is 3.26. The Morgan fingerprint density at radius 3 is 2.11 bits per heavy atom. The van der Waals surface area contributed by atoms with Crippen molar-refractivity contribution in [2.75, 3.05) is 40.4 Å². The number of methoxy groups -OCH3 is 2. The van der Waals surface area contributed by atoms with Gasteiger partial charge in [0.2, 0.25) is 5.91 Å². The summed E-state index contributed by atoms with van der Waals surface area (Å²) >= 11 is 0. The number of hydrogen-bond donors (Lipinski definition) is 2. The quantitative estimate of drug-likeness (QED) is 0.779. The summed E-state index contributed by atoms with van der Waals surface area (Å²) in [7, 11) is 3.08. The first-order valence-electron chi connectivity index (χ1n) is 9.46. The Balaban J connectivity index is 1.72. The highest BCUT2D eigenvalue weighted by Gasteiger charge is 2.40. The van der Waals surface area contributed by atoms with Crippen LogP contribution >= 0.6 is 0 Å². The summed E-state index contributed by atoms with van der Waals surface area (Å²) in [6.07, 6.45) is 0. The first-order chi connectivity index (χ1) is 12.9. The van der Waals surface area contributed by atoms with E-state index in [1.54, 1.807) is 18.2 Å². The van der Waals surface area contributed by atoms with E-state index in [0.29, 0.717) is 28.9 Å². The first-order valence-corrected chi connectivity index (χ1v) is 9.46. The van der Waals surface area contributed by atoms with Gasteiger partial charge in [0, 0.05) is 37.8 Å². The van der Waals surface area contributed by atoms with Crippen molar-refractivity contribution in [3.63, 3.8) is 0 Å². The number of fused-ring (bicyclic) bond motifs is 1. The lowest BCUT2D eigenvalue weighted by Crippen LogP contribution is -2.51. The molecule has 148 valence electrons. The van der Waals surface area contributed by atoms with Crippen LogP contribution in [0.5, 0.6) is 11.5 Å². The highest BCUT2D eigenvalue weighted by Crippen LogP contribution is 2.27. The van der Waals surface area contributed by atoms with E-state index in [4.69, 9.17) is 9.47 Å². The van der Waals surface area contributed by atoms with Gasteiger partial charge in [-0.15, -0.1) is 0 Å². The summed E-state index contributed by atoms with van der Waals surface area (Å²) in [6, 6.07) is 4.44. The Kier molecular flexibility index (Phi) is 5.89. The molecule has 2 aliphatic rings. The molecule has 0 spiro atoms. The second kappa shape index (κ2) is 8.17. The summed E-state index contributed by atoms with van der Waals surface area (Å²) in [6.45, 7) is 7.37. The zero-order chi connectivity index (χ0) is 19.6. The minimum absolute atomic E-state index is 0.00242. The number of ether oxygens (including phenoxy) is 2. The highest BCUT2D eigenvalue weighted by atomic mass is 16.5. The Labute approximate surface area is 160 Å². The molecule has 0 radical (unpaired) electrons. The van der Waals surface area contributed by atoms with Crippen LogP contribution in [0.3, 0.4) is 0 Å². The van der Waals surface area contributed by atoms with E-state index < -0.39 is 6.04 Å². The van der Waals surface area contributed by atoms with Gasteiger partial charge in [0.25, 0.3) is 5.91 Å². The molecule has 0 aliphatic carbocycles. The number of nitrogens with one attached hydrogen (secondary N) is 2. The number of hydrogen-bond acceptors (Lipinski definition) is 5. The van der Waals surface area contributed by atoms with Gasteiger partial charge in [0.05, 0.1) is 14.2 Å². The van der Waals surface area contributed by atoms with Crippen molar-refractivity contribution in [2.24, 2.45) is 17.8 Å². The maximum Gasteiger partial charge on any atom is 0.252 e. The van der Waals surface area contributed by atoms with Crippen LogP contribution in [0.25, 0.3) is 0 Å². The molecule has 0 saturated carbocycles. The van der Waals surface area contributed by atoms with Crippen molar-refractivity contribution in [2.45, 2.75) is 19.9 Å². The third-order valence-corrected chi connectivity index (χ3v) is 5.53. The van der Waals surface area contributed by atoms with Gasteiger partial charge in [-0.1, -0.05) is 13.8 Å². The molecule has 7 heteroatoms. The van der Waals surface area contributed by atoms with Crippen molar-refractivity contribution in [3.8, 4) is 11.5 Å². The van der Waals surface area contributed by atoms with Crippen LogP contribution in [0.1, 0.15) is 24.2 Å². The normalized spacial score (nSPS) is 22.5. The summed E-state index contributed by atoms with van der Waals surface area (Å²) < 4.78 is 10.5. The minimum Gasteiger partial charge on any atom is -0.497 e. The topological polar surface area (TPSA) is 79.9 Å². The van der Waals surface area contributed by atoms with Crippen molar-refractivity contribution in [1.29, 1.82) is 0 Å². The number of rotatable bonds is 6. The summed E-state index contributed by atoms with van der Waals surface area (Å²) in [5.41, 5.74) is 0.409. The molecule has 3 rings (SSSR count). The average molecular weight is 375 g/mol. The maximum absolute atomic E-state index is 13.1. The number of carbonyl (C=O) groups is 2. The molecular formula is C20H29N3O4. The van der Waals surface area contributed by atoms with E-state index in [1.807, 2.05) is 18.7 Å². The van der Waals surface area contributed by atoms with E-state index in [2.05, 4.69) is 10.6 Å². The van der Waals surface area contributed by atoms with Crippen molar-refractivity contribution < 1.29 is 19.1 Å². The molecule has 0 aromatic heterocycles. The van der Waals surface area contributed by atoms with Crippen LogP contribution in [0, 0.1) is 17.8 Å². The van der Waals surface area contributed by atoms with Gasteiger partial charge in [0.1, 0.15) is 17.5 Å². The van der Waals surface area contributed by atoms with Crippen LogP contribution in [0.4, 0.5) is 0 Å². The van der Waals surface area contributed by atoms with Gasteiger partial charge in [0.15, 0.2) is 0 Å². The molecule has 2 N–H and O–H groups in total. The number of likely N-dealkylation sites (tertiary alicyclic amines) is 1. The summed E-state index contributed by atoms with van der Waals surface area (Å²) in [5, 5.41) is 6.30. The van der Waals surface area contributed by atoms with E-state index >= 15 is 0 Å². The first kappa shape index (κ1) is 19.5. The van der Waals surface area contributed by atoms with Gasteiger partial charge in [-0.3, -0.25) is 9.59 Å². The number of carbonyl (C=O) groups excluding carboxylic acids is 2. The Hall–Kier alpha value is -2.28. The van der Waals surface area contributed by atoms with Crippen molar-refractivity contribution >= 4 is 11.8 Å². The molecule has 27 heavy (non-hydrogen) atoms. The van der Waals surface area contributed by atoms with Crippen molar-refractivity contribution in [3.05, 3.63) is 23.8 Å². The lowest BCUT2D eigenvalue weighted by molar-refractivity contribution is -0.133. The lowest BCUT2D eigenvalue weighted by atomic mass is 10.0. The van der Waals surface area contributed by atoms with E-state index in [9.17, 15) is 9.59 Å². The smallest absolute Gasteiger partial charge is 0.252 e. The maximum atomic E-state index is 13.1. The fourth-order valence-corrected chi connectivity index (χ4v) is 3.91. The zero-order valence-electron chi connectivity index (χ0n) is 16.5. The zero-order valence-corrected chi connectivity index (χ0v) is 16.5. The summed E-state index contributed by atoms with van der Waals surface area (Å²) in [5.74, 6) is 1.81. The SMILES string of the molecule is COc1cc(OC)cc(C(=O)NC(C(=O)N2C[C@H]3CNC[C@H]3C2)C(C)C)c1. The standard InChI is InChI=1S/C20H29N3O4/c1-12(2)18(20(25)23-10-14-8-21-9-15(14)11-23)22-19(24)13-5-16(26-3)7-17(6-13)27-4/h5-7,12,14-15,18,21H,8-11H2,1-4H3,(H,22,24)/t14-,15+,18?. The second-order valence-corrected chi connectivity index (χ2v) is 7.72. The second-order valence-electron chi connectivity index (χ2n) is 7.72. The minimum atomic E-state index is -0.554. The fraction of sp³-hybridized carbons (Fsp3) is 0.600. The van der Waals surface area contributed by atoms with Gasteiger partial charge < -0.3 is 25.0 Å². The molecule has 1 aromatic rings. The third-order valence-electron chi connectivity index (χ3n) is 5.53. The predicted octanol–water partition coefficient (Wildman–Crippen LogP) is 1.14. The van der Waals surface area contributed by atoms with E-state index in [0.717, 1.165) is 26.2 Å². The Morgan fingerprint density at radius 1 is 1.07 bits per heavy atom. The molecule has 2 saturated heterocycles. The highest BCUT2D eigenvalue weighted by molar-refractivity contribution is 5.98. The Morgan fingerprint density at radius 2 is 1.63 bits per heavy atom. The van der Waals surface area contributed by atoms with Gasteiger partial charge in [-0.2, -0.15) is 0 Å². The fourth-order valence-electron chi connectivity index (χ4n) is 3.91. The molecule has 2 amide bonds. The molecule has 3 atom stereocenters. The van der Waals surface area contributed by atoms with Gasteiger partial charge in [-0.05, 0) is 29.9 Å². The number of amides is 2. The van der Waals surface area contributed by atoms with Crippen LogP contribution in [0.15, 0.2) is 18.2 Å². The lowest BCUT2D eigenvalue weighted by Gasteiger charge is -2.27. The van der Waals surface area contributed by atoms with E-state index in [-0.39, 0.29) is 17.7 Å². The van der Waals surface area contributed by atoms with Crippen LogP contribution in [-0.2, 0) is 4.79 Å². The van der Waals surface area contributed by atoms with Crippen LogP contribution in [0.2, 0.25) is 0 Å². The van der Waals surface area contributed by atoms with Crippen LogP contribution in [-0.4, -0.2) is 63.2 Å². The molecule has 1 aromatic carbocycles. The predicted molar refractivity (Wildman–Crippen MR) is 102 cm³/mol. The van der Waals surface area contributed by atoms with Crippen LogP contribution < -0.4 is 20.1 Å². The Bertz CT molecular complexity index is 672. The van der Waals surface area contributed by atoms with Gasteiger partial charge in [-0.25, -0.2) is 0 Å². The van der Waals surface area contributed by atoms with E-state index in [1.165, 1.54) is 14.2 Å². The molecular weight excluding hydrogens is 346 g/mol. The molecule has 7 nitrogen and oxygen atoms in total. The number of benzene rings is 1. The molecule has 2 aliphatic heterocycles. The molecule has 0 bridgehead atoms. The molecule has 2 fully saturated rings.